The topological polar surface area (TPSA) is 37.3 Å². The van der Waals surface area contributed by atoms with E-state index in [1.807, 2.05) is 42.1 Å². The number of carboxylic acid groups (broad SMARTS) is 1. The Morgan fingerprint density at radius 2 is 1.36 bits per heavy atom. The van der Waals surface area contributed by atoms with Crippen LogP contribution in [0.5, 0.6) is 0 Å². The minimum Gasteiger partial charge on any atom is -0.478 e. The van der Waals surface area contributed by atoms with Crippen molar-refractivity contribution >= 4 is 24.4 Å². The molecular weight excluding hydrogens is 288 g/mol. The summed E-state index contributed by atoms with van der Waals surface area (Å²) in [5.74, 6) is -0.843. The number of rotatable bonds is 5. The Balaban J connectivity index is 2.77. The largest absolute Gasteiger partial charge is 0.478 e. The van der Waals surface area contributed by atoms with Crippen LogP contribution in [-0.2, 0) is 4.79 Å². The Kier molecular flexibility index (Phi) is 4.98. The molecule has 2 rings (SSSR count). The van der Waals surface area contributed by atoms with Gasteiger partial charge in [0.2, 0.25) is 0 Å². The molecule has 22 heavy (non-hydrogen) atoms. The van der Waals surface area contributed by atoms with E-state index in [9.17, 15) is 9.90 Å². The van der Waals surface area contributed by atoms with Gasteiger partial charge < -0.3 is 5.11 Å². The molecule has 0 atom stereocenters. The van der Waals surface area contributed by atoms with Crippen LogP contribution in [0.4, 0.5) is 0 Å². The van der Waals surface area contributed by atoms with Crippen LogP contribution in [0.2, 0.25) is 5.54 Å². The number of aliphatic carboxylic acids is 1. The zero-order valence-electron chi connectivity index (χ0n) is 13.3. The van der Waals surface area contributed by atoms with Gasteiger partial charge in [-0.05, 0) is 22.8 Å². The number of hydrogen-bond donors (Lipinski definition) is 1. The molecule has 0 saturated heterocycles. The second kappa shape index (κ2) is 6.75. The highest BCUT2D eigenvalue weighted by Crippen LogP contribution is 2.24. The Morgan fingerprint density at radius 3 is 1.68 bits per heavy atom. The molecule has 0 heterocycles. The maximum atomic E-state index is 11.4. The average Bonchev–Trinajstić information content (AvgIpc) is 2.53. The predicted molar refractivity (Wildman–Crippen MR) is 94.4 cm³/mol. The molecule has 0 aromatic heterocycles. The second-order valence-corrected chi connectivity index (χ2v) is 10.2. The minimum absolute atomic E-state index is 0.353. The first-order valence-corrected chi connectivity index (χ1v) is 9.67. The highest BCUT2D eigenvalue weighted by Gasteiger charge is 2.38. The summed E-state index contributed by atoms with van der Waals surface area (Å²) >= 11 is 0. The molecule has 114 valence electrons. The highest BCUT2D eigenvalue weighted by atomic mass is 28.3. The number of benzene rings is 2. The van der Waals surface area contributed by atoms with E-state index in [1.165, 1.54) is 10.4 Å². The van der Waals surface area contributed by atoms with Crippen LogP contribution in [0.1, 0.15) is 20.8 Å². The second-order valence-electron chi connectivity index (χ2n) is 5.89. The van der Waals surface area contributed by atoms with Crippen molar-refractivity contribution in [3.8, 4) is 0 Å². The first-order valence-electron chi connectivity index (χ1n) is 7.52. The van der Waals surface area contributed by atoms with Crippen LogP contribution in [-0.4, -0.2) is 19.1 Å². The monoisotopic (exact) mass is 310 g/mol. The van der Waals surface area contributed by atoms with Gasteiger partial charge in [-0.3, -0.25) is 0 Å². The van der Waals surface area contributed by atoms with Crippen molar-refractivity contribution in [3.05, 3.63) is 71.9 Å². The van der Waals surface area contributed by atoms with Crippen molar-refractivity contribution in [2.24, 2.45) is 0 Å². The van der Waals surface area contributed by atoms with Gasteiger partial charge in [-0.1, -0.05) is 80.2 Å². The van der Waals surface area contributed by atoms with Gasteiger partial charge in [0, 0.05) is 5.57 Å². The van der Waals surface area contributed by atoms with Gasteiger partial charge in [0.15, 0.2) is 0 Å². The molecule has 2 aromatic carbocycles. The standard InChI is InChI=1S/C19H22O2Si/c1-15(2)22(14-16(3)19(20)21,17-10-6-4-7-11-17)18-12-8-5-9-13-18/h4-15H,1-3H3,(H,20,21). The summed E-state index contributed by atoms with van der Waals surface area (Å²) in [6, 6.07) is 20.7. The van der Waals surface area contributed by atoms with E-state index in [-0.39, 0.29) is 0 Å². The Bertz CT molecular complexity index is 621. The van der Waals surface area contributed by atoms with E-state index >= 15 is 0 Å². The van der Waals surface area contributed by atoms with Crippen LogP contribution in [0.15, 0.2) is 71.9 Å². The lowest BCUT2D eigenvalue weighted by Crippen LogP contribution is -2.59. The summed E-state index contributed by atoms with van der Waals surface area (Å²) in [5, 5.41) is 11.9. The van der Waals surface area contributed by atoms with Crippen molar-refractivity contribution < 1.29 is 9.90 Å². The van der Waals surface area contributed by atoms with E-state index in [4.69, 9.17) is 0 Å². The minimum atomic E-state index is -2.29. The van der Waals surface area contributed by atoms with Gasteiger partial charge in [0.1, 0.15) is 8.07 Å². The first kappa shape index (κ1) is 16.2. The fourth-order valence-corrected chi connectivity index (χ4v) is 7.63. The molecule has 0 unspecified atom stereocenters. The molecule has 2 nitrogen and oxygen atoms in total. The quantitative estimate of drug-likeness (QED) is 0.680. The van der Waals surface area contributed by atoms with E-state index in [0.29, 0.717) is 11.1 Å². The van der Waals surface area contributed by atoms with E-state index in [0.717, 1.165) is 0 Å². The van der Waals surface area contributed by atoms with Crippen molar-refractivity contribution in [1.82, 2.24) is 0 Å². The predicted octanol–water partition coefficient (Wildman–Crippen LogP) is 3.23. The smallest absolute Gasteiger partial charge is 0.330 e. The summed E-state index contributed by atoms with van der Waals surface area (Å²) in [6.45, 7) is 6.08. The first-order chi connectivity index (χ1) is 10.5. The summed E-state index contributed by atoms with van der Waals surface area (Å²) < 4.78 is 0. The van der Waals surface area contributed by atoms with Crippen molar-refractivity contribution in [2.75, 3.05) is 0 Å². The molecule has 0 aliphatic carbocycles. The SMILES string of the molecule is CC(=C[Si](c1ccccc1)(c1ccccc1)C(C)C)C(=O)O. The zero-order chi connectivity index (χ0) is 16.2. The highest BCUT2D eigenvalue weighted by molar-refractivity contribution is 7.07. The fraction of sp³-hybridized carbons (Fsp3) is 0.211. The molecule has 0 fully saturated rings. The van der Waals surface area contributed by atoms with Crippen LogP contribution in [0.3, 0.4) is 0 Å². The molecule has 2 aromatic rings. The lowest BCUT2D eigenvalue weighted by molar-refractivity contribution is -0.132. The maximum absolute atomic E-state index is 11.4. The van der Waals surface area contributed by atoms with Crippen molar-refractivity contribution in [1.29, 1.82) is 0 Å². The third-order valence-electron chi connectivity index (χ3n) is 4.20. The molecule has 0 radical (unpaired) electrons. The molecule has 3 heteroatoms. The third-order valence-corrected chi connectivity index (χ3v) is 9.48. The van der Waals surface area contributed by atoms with Crippen LogP contribution >= 0.6 is 0 Å². The van der Waals surface area contributed by atoms with Gasteiger partial charge in [-0.25, -0.2) is 4.79 Å². The average molecular weight is 310 g/mol. The van der Waals surface area contributed by atoms with Gasteiger partial charge in [-0.15, -0.1) is 0 Å². The number of hydrogen-bond acceptors (Lipinski definition) is 1. The molecule has 0 aliphatic heterocycles. The van der Waals surface area contributed by atoms with E-state index < -0.39 is 14.0 Å². The molecule has 0 spiro atoms. The lowest BCUT2D eigenvalue weighted by Gasteiger charge is -2.34. The van der Waals surface area contributed by atoms with Gasteiger partial charge in [-0.2, -0.15) is 0 Å². The zero-order valence-corrected chi connectivity index (χ0v) is 14.3. The molecular formula is C19H22O2Si. The summed E-state index contributed by atoms with van der Waals surface area (Å²) in [6.07, 6.45) is 0. The lowest BCUT2D eigenvalue weighted by atomic mass is 10.3. The summed E-state index contributed by atoms with van der Waals surface area (Å²) in [7, 11) is -2.29. The van der Waals surface area contributed by atoms with Gasteiger partial charge >= 0.3 is 5.97 Å². The number of carbonyl (C=O) groups is 1. The van der Waals surface area contributed by atoms with Gasteiger partial charge in [0.05, 0.1) is 0 Å². The van der Waals surface area contributed by atoms with Crippen LogP contribution in [0, 0.1) is 0 Å². The summed E-state index contributed by atoms with van der Waals surface area (Å²) in [5.41, 5.74) is 2.81. The molecule has 1 N–H and O–H groups in total. The fourth-order valence-electron chi connectivity index (χ4n) is 3.00. The van der Waals surface area contributed by atoms with E-state index in [1.54, 1.807) is 6.92 Å². The Labute approximate surface area is 133 Å². The third kappa shape index (κ3) is 3.04. The summed E-state index contributed by atoms with van der Waals surface area (Å²) in [4.78, 5) is 11.4. The number of carboxylic acids is 1. The molecule has 0 aliphatic rings. The van der Waals surface area contributed by atoms with Crippen LogP contribution < -0.4 is 10.4 Å². The van der Waals surface area contributed by atoms with Crippen molar-refractivity contribution in [2.45, 2.75) is 26.3 Å². The Morgan fingerprint density at radius 1 is 0.955 bits per heavy atom. The van der Waals surface area contributed by atoms with Crippen molar-refractivity contribution in [3.63, 3.8) is 0 Å². The van der Waals surface area contributed by atoms with Crippen LogP contribution in [0.25, 0.3) is 0 Å². The molecule has 0 saturated carbocycles. The normalized spacial score (nSPS) is 12.5. The Hall–Kier alpha value is -2.13. The molecule has 0 bridgehead atoms. The maximum Gasteiger partial charge on any atom is 0.330 e. The molecule has 0 amide bonds. The van der Waals surface area contributed by atoms with E-state index in [2.05, 4.69) is 38.1 Å². The van der Waals surface area contributed by atoms with Gasteiger partial charge in [0.25, 0.3) is 0 Å².